The maximum absolute atomic E-state index is 7.48. The molecule has 1 unspecified atom stereocenters. The third-order valence-electron chi connectivity index (χ3n) is 6.01. The quantitative estimate of drug-likeness (QED) is 0.246. The third-order valence-corrected chi connectivity index (χ3v) is 6.25. The number of rotatable bonds is 0. The summed E-state index contributed by atoms with van der Waals surface area (Å²) in [6.45, 7) is 7.48. The smallest absolute Gasteiger partial charge is 0.187 e. The molecular weight excluding hydrogens is 378 g/mol. The summed E-state index contributed by atoms with van der Waals surface area (Å²) < 4.78 is 6.29. The van der Waals surface area contributed by atoms with Crippen LogP contribution in [0.1, 0.15) is 22.3 Å². The number of benzene rings is 4. The average molecular weight is 392 g/mol. The van der Waals surface area contributed by atoms with E-state index in [1.54, 1.807) is 0 Å². The first-order chi connectivity index (χ1) is 14.2. The molecule has 1 heterocycles. The number of halogens is 1. The van der Waals surface area contributed by atoms with E-state index in [9.17, 15) is 0 Å². The van der Waals surface area contributed by atoms with E-state index < -0.39 is 5.41 Å². The van der Waals surface area contributed by atoms with Crippen LogP contribution in [-0.4, -0.2) is 0 Å². The van der Waals surface area contributed by atoms with E-state index in [1.165, 1.54) is 5.56 Å². The van der Waals surface area contributed by atoms with Crippen LogP contribution in [0.3, 0.4) is 0 Å². The fourth-order valence-corrected chi connectivity index (χ4v) is 5.11. The van der Waals surface area contributed by atoms with Crippen LogP contribution >= 0.6 is 11.6 Å². The van der Waals surface area contributed by atoms with Crippen molar-refractivity contribution in [3.05, 3.63) is 124 Å². The van der Waals surface area contributed by atoms with Gasteiger partial charge in [0.25, 0.3) is 0 Å². The number of hydrogen-bond acceptors (Lipinski definition) is 1. The van der Waals surface area contributed by atoms with Gasteiger partial charge in [0, 0.05) is 16.1 Å². The van der Waals surface area contributed by atoms with Crippen LogP contribution in [0.15, 0.2) is 84.9 Å². The molecule has 0 N–H and O–H groups in total. The highest BCUT2D eigenvalue weighted by molar-refractivity contribution is 6.30. The van der Waals surface area contributed by atoms with Gasteiger partial charge in [-0.1, -0.05) is 66.2 Å². The van der Waals surface area contributed by atoms with Gasteiger partial charge in [-0.25, -0.2) is 4.85 Å². The van der Waals surface area contributed by atoms with Gasteiger partial charge in [0.1, 0.15) is 11.5 Å². The Kier molecular flexibility index (Phi) is 3.25. The SMILES string of the molecule is [C-]#[N+]c1ccc2c(c1)-c1ccccc1C21c2ccccc2Oc2ccc(Cl)cc21. The minimum Gasteiger partial charge on any atom is -0.457 e. The van der Waals surface area contributed by atoms with Crippen LogP contribution in [0.25, 0.3) is 16.0 Å². The van der Waals surface area contributed by atoms with E-state index in [1.807, 2.05) is 48.5 Å². The normalized spacial score (nSPS) is 17.5. The number of hydrogen-bond donors (Lipinski definition) is 0. The van der Waals surface area contributed by atoms with Crippen LogP contribution in [0, 0.1) is 6.57 Å². The van der Waals surface area contributed by atoms with Crippen molar-refractivity contribution in [1.29, 1.82) is 0 Å². The van der Waals surface area contributed by atoms with Gasteiger partial charge >= 0.3 is 0 Å². The minimum absolute atomic E-state index is 0.526. The zero-order valence-electron chi connectivity index (χ0n) is 15.3. The summed E-state index contributed by atoms with van der Waals surface area (Å²) in [6.07, 6.45) is 0. The second-order valence-electron chi connectivity index (χ2n) is 7.38. The summed E-state index contributed by atoms with van der Waals surface area (Å²) in [5, 5.41) is 0.676. The molecule has 136 valence electrons. The predicted molar refractivity (Wildman–Crippen MR) is 115 cm³/mol. The molecule has 2 aliphatic rings. The second-order valence-corrected chi connectivity index (χ2v) is 7.81. The Hall–Kier alpha value is -3.54. The molecule has 0 fully saturated rings. The van der Waals surface area contributed by atoms with Crippen molar-refractivity contribution in [2.75, 3.05) is 0 Å². The second kappa shape index (κ2) is 5.73. The Bertz CT molecular complexity index is 1370. The molecular formula is C26H14ClNO. The summed E-state index contributed by atoms with van der Waals surface area (Å²) in [6, 6.07) is 28.5. The monoisotopic (exact) mass is 391 g/mol. The molecule has 4 aromatic rings. The van der Waals surface area contributed by atoms with Gasteiger partial charge in [0.2, 0.25) is 0 Å². The lowest BCUT2D eigenvalue weighted by molar-refractivity contribution is 0.436. The zero-order valence-corrected chi connectivity index (χ0v) is 16.1. The molecule has 0 saturated carbocycles. The predicted octanol–water partition coefficient (Wildman–Crippen LogP) is 7.36. The molecule has 3 heteroatoms. The van der Waals surface area contributed by atoms with Gasteiger partial charge < -0.3 is 4.74 Å². The molecule has 1 aliphatic heterocycles. The van der Waals surface area contributed by atoms with E-state index >= 15 is 0 Å². The minimum atomic E-state index is -0.526. The molecule has 1 aliphatic carbocycles. The number of ether oxygens (including phenoxy) is 1. The Balaban J connectivity index is 1.84. The summed E-state index contributed by atoms with van der Waals surface area (Å²) in [7, 11) is 0. The van der Waals surface area contributed by atoms with Crippen molar-refractivity contribution in [1.82, 2.24) is 0 Å². The van der Waals surface area contributed by atoms with Crippen LogP contribution in [0.4, 0.5) is 5.69 Å². The highest BCUT2D eigenvalue weighted by atomic mass is 35.5. The Labute approximate surface area is 173 Å². The highest BCUT2D eigenvalue weighted by Gasteiger charge is 2.50. The van der Waals surface area contributed by atoms with Gasteiger partial charge in [-0.3, -0.25) is 0 Å². The Morgan fingerprint density at radius 1 is 0.690 bits per heavy atom. The largest absolute Gasteiger partial charge is 0.457 e. The van der Waals surface area contributed by atoms with E-state index in [0.717, 1.165) is 39.3 Å². The molecule has 1 atom stereocenters. The summed E-state index contributed by atoms with van der Waals surface area (Å²) >= 11 is 6.47. The standard InChI is InChI=1S/C26H14ClNO/c1-28-17-11-12-21-19(15-17)18-6-2-3-7-20(18)26(21)22-8-4-5-9-24(22)29-25-13-10-16(27)14-23(25)26/h2-15H. The van der Waals surface area contributed by atoms with Crippen molar-refractivity contribution in [2.45, 2.75) is 5.41 Å². The molecule has 2 nitrogen and oxygen atoms in total. The number of nitrogens with zero attached hydrogens (tertiary/aromatic N) is 1. The van der Waals surface area contributed by atoms with Gasteiger partial charge in [-0.15, -0.1) is 0 Å². The molecule has 0 amide bonds. The molecule has 0 bridgehead atoms. The van der Waals surface area contributed by atoms with E-state index in [4.69, 9.17) is 22.9 Å². The third kappa shape index (κ3) is 2.00. The van der Waals surface area contributed by atoms with Gasteiger partial charge in [0.15, 0.2) is 5.69 Å². The van der Waals surface area contributed by atoms with Crippen molar-refractivity contribution >= 4 is 17.3 Å². The molecule has 0 radical (unpaired) electrons. The van der Waals surface area contributed by atoms with Crippen LogP contribution in [0.2, 0.25) is 5.02 Å². The Morgan fingerprint density at radius 2 is 1.41 bits per heavy atom. The summed E-state index contributed by atoms with van der Waals surface area (Å²) in [4.78, 5) is 3.66. The van der Waals surface area contributed by atoms with E-state index in [-0.39, 0.29) is 0 Å². The molecule has 0 saturated heterocycles. The van der Waals surface area contributed by atoms with Crippen molar-refractivity contribution < 1.29 is 4.74 Å². The topological polar surface area (TPSA) is 13.6 Å². The Morgan fingerprint density at radius 3 is 2.28 bits per heavy atom. The first-order valence-corrected chi connectivity index (χ1v) is 9.80. The highest BCUT2D eigenvalue weighted by Crippen LogP contribution is 2.62. The molecule has 1 spiro atoms. The molecule has 29 heavy (non-hydrogen) atoms. The van der Waals surface area contributed by atoms with Crippen molar-refractivity contribution in [3.8, 4) is 22.6 Å². The summed E-state index contributed by atoms with van der Waals surface area (Å²) in [5.41, 5.74) is 6.83. The summed E-state index contributed by atoms with van der Waals surface area (Å²) in [5.74, 6) is 1.66. The van der Waals surface area contributed by atoms with Crippen LogP contribution in [0.5, 0.6) is 11.5 Å². The zero-order chi connectivity index (χ0) is 19.6. The lowest BCUT2D eigenvalue weighted by Gasteiger charge is -2.39. The van der Waals surface area contributed by atoms with E-state index in [2.05, 4.69) is 41.2 Å². The molecule has 4 aromatic carbocycles. The lowest BCUT2D eigenvalue weighted by Crippen LogP contribution is -2.32. The first-order valence-electron chi connectivity index (χ1n) is 9.43. The van der Waals surface area contributed by atoms with Crippen LogP contribution < -0.4 is 4.74 Å². The maximum atomic E-state index is 7.48. The van der Waals surface area contributed by atoms with Gasteiger partial charge in [-0.05, 0) is 52.6 Å². The van der Waals surface area contributed by atoms with Gasteiger partial charge in [-0.2, -0.15) is 0 Å². The van der Waals surface area contributed by atoms with Crippen molar-refractivity contribution in [3.63, 3.8) is 0 Å². The molecule has 0 aromatic heterocycles. The average Bonchev–Trinajstić information content (AvgIpc) is 3.05. The number of para-hydroxylation sites is 1. The fourth-order valence-electron chi connectivity index (χ4n) is 4.94. The van der Waals surface area contributed by atoms with Crippen LogP contribution in [-0.2, 0) is 5.41 Å². The number of fused-ring (bicyclic) bond motifs is 9. The lowest BCUT2D eigenvalue weighted by atomic mass is 9.66. The maximum Gasteiger partial charge on any atom is 0.187 e. The van der Waals surface area contributed by atoms with Gasteiger partial charge in [0.05, 0.1) is 12.0 Å². The van der Waals surface area contributed by atoms with Crippen molar-refractivity contribution in [2.24, 2.45) is 0 Å². The van der Waals surface area contributed by atoms with E-state index in [0.29, 0.717) is 10.7 Å². The molecule has 6 rings (SSSR count). The fraction of sp³-hybridized carbons (Fsp3) is 0.0385. The first kappa shape index (κ1) is 16.4.